The average Bonchev–Trinajstić information content (AvgIpc) is 2.35. The molecule has 2 N–H and O–H groups in total. The van der Waals surface area contributed by atoms with Gasteiger partial charge in [-0.2, -0.15) is 0 Å². The van der Waals surface area contributed by atoms with E-state index in [1.165, 1.54) is 11.1 Å². The minimum absolute atomic E-state index is 0.560. The molecule has 0 bridgehead atoms. The van der Waals surface area contributed by atoms with Crippen LogP contribution in [0.3, 0.4) is 0 Å². The van der Waals surface area contributed by atoms with Gasteiger partial charge in [-0.1, -0.05) is 0 Å². The van der Waals surface area contributed by atoms with Gasteiger partial charge in [0.05, 0.1) is 6.04 Å². The lowest BCUT2D eigenvalue weighted by atomic mass is 10.1. The fraction of sp³-hybridized carbons (Fsp3) is 0.429. The highest BCUT2D eigenvalue weighted by molar-refractivity contribution is 5.41. The second kappa shape index (κ2) is 1.53. The van der Waals surface area contributed by atoms with Gasteiger partial charge in [-0.25, -0.2) is 0 Å². The molecule has 0 saturated carbocycles. The lowest BCUT2D eigenvalue weighted by Gasteiger charge is -2.03. The minimum atomic E-state index is 0.560. The second-order valence-electron chi connectivity index (χ2n) is 2.55. The number of fused-ring (bicyclic) bond motifs is 1. The summed E-state index contributed by atoms with van der Waals surface area (Å²) < 4.78 is 0. The summed E-state index contributed by atoms with van der Waals surface area (Å²) in [4.78, 5) is 0. The van der Waals surface area contributed by atoms with Crippen LogP contribution in [-0.4, -0.2) is 12.6 Å². The van der Waals surface area contributed by atoms with E-state index in [-0.39, 0.29) is 0 Å². The van der Waals surface area contributed by atoms with Crippen LogP contribution in [0.2, 0.25) is 0 Å². The van der Waals surface area contributed by atoms with Crippen molar-refractivity contribution in [3.63, 3.8) is 0 Å². The van der Waals surface area contributed by atoms with Crippen molar-refractivity contribution in [2.75, 3.05) is 6.54 Å². The van der Waals surface area contributed by atoms with E-state index in [0.29, 0.717) is 6.04 Å². The maximum atomic E-state index is 3.28. The molecule has 2 nitrogen and oxygen atoms in total. The van der Waals surface area contributed by atoms with Crippen LogP contribution in [0.4, 0.5) is 0 Å². The topological polar surface area (TPSA) is 24.1 Å². The van der Waals surface area contributed by atoms with E-state index >= 15 is 0 Å². The van der Waals surface area contributed by atoms with Crippen LogP contribution in [0.25, 0.3) is 0 Å². The number of rotatable bonds is 0. The molecule has 0 aromatic carbocycles. The Morgan fingerprint density at radius 3 is 3.22 bits per heavy atom. The molecule has 1 unspecified atom stereocenters. The van der Waals surface area contributed by atoms with Crippen molar-refractivity contribution in [3.05, 3.63) is 23.5 Å². The van der Waals surface area contributed by atoms with Gasteiger partial charge < -0.3 is 10.6 Å². The summed E-state index contributed by atoms with van der Waals surface area (Å²) in [6.07, 6.45) is 4.17. The summed E-state index contributed by atoms with van der Waals surface area (Å²) >= 11 is 0. The first kappa shape index (κ1) is 4.91. The molecule has 2 heteroatoms. The van der Waals surface area contributed by atoms with Crippen LogP contribution in [0.1, 0.15) is 6.92 Å². The molecule has 0 fully saturated rings. The number of nitrogens with one attached hydrogen (secondary N) is 2. The monoisotopic (exact) mass is 122 g/mol. The van der Waals surface area contributed by atoms with Crippen molar-refractivity contribution >= 4 is 0 Å². The van der Waals surface area contributed by atoms with Crippen molar-refractivity contribution in [2.45, 2.75) is 13.0 Å². The van der Waals surface area contributed by atoms with E-state index < -0.39 is 0 Å². The van der Waals surface area contributed by atoms with Gasteiger partial charge in [-0.05, 0) is 18.1 Å². The highest BCUT2D eigenvalue weighted by atomic mass is 15.0. The van der Waals surface area contributed by atoms with E-state index in [4.69, 9.17) is 0 Å². The Labute approximate surface area is 54.6 Å². The van der Waals surface area contributed by atoms with Crippen molar-refractivity contribution < 1.29 is 0 Å². The molecular formula is C7H10N2. The molecule has 48 valence electrons. The molecule has 0 aromatic rings. The molecule has 0 amide bonds. The Morgan fingerprint density at radius 1 is 1.56 bits per heavy atom. The lowest BCUT2D eigenvalue weighted by Crippen LogP contribution is -2.25. The zero-order chi connectivity index (χ0) is 6.27. The van der Waals surface area contributed by atoms with Crippen LogP contribution >= 0.6 is 0 Å². The molecule has 2 aliphatic rings. The van der Waals surface area contributed by atoms with Crippen molar-refractivity contribution in [1.29, 1.82) is 0 Å². The summed E-state index contributed by atoms with van der Waals surface area (Å²) in [5, 5.41) is 6.46. The van der Waals surface area contributed by atoms with Crippen LogP contribution in [0.15, 0.2) is 23.5 Å². The van der Waals surface area contributed by atoms with Crippen molar-refractivity contribution in [2.24, 2.45) is 0 Å². The summed E-state index contributed by atoms with van der Waals surface area (Å²) in [7, 11) is 0. The van der Waals surface area contributed by atoms with Crippen LogP contribution < -0.4 is 10.6 Å². The van der Waals surface area contributed by atoms with Gasteiger partial charge in [0.25, 0.3) is 0 Å². The van der Waals surface area contributed by atoms with E-state index in [0.717, 1.165) is 6.54 Å². The molecule has 9 heavy (non-hydrogen) atoms. The molecule has 0 radical (unpaired) electrons. The molecule has 2 aliphatic heterocycles. The zero-order valence-corrected chi connectivity index (χ0v) is 5.44. The Kier molecular flexibility index (Phi) is 0.835. The van der Waals surface area contributed by atoms with Crippen LogP contribution in [0.5, 0.6) is 0 Å². The van der Waals surface area contributed by atoms with E-state index in [1.807, 2.05) is 0 Å². The van der Waals surface area contributed by atoms with Crippen molar-refractivity contribution in [3.8, 4) is 0 Å². The van der Waals surface area contributed by atoms with Gasteiger partial charge >= 0.3 is 0 Å². The molecular weight excluding hydrogens is 112 g/mol. The third-order valence-corrected chi connectivity index (χ3v) is 1.91. The number of hydrogen-bond acceptors (Lipinski definition) is 2. The summed E-state index contributed by atoms with van der Waals surface area (Å²) in [6, 6.07) is 0.560. The first-order valence-corrected chi connectivity index (χ1v) is 3.24. The largest absolute Gasteiger partial charge is 0.388 e. The fourth-order valence-corrected chi connectivity index (χ4v) is 1.34. The molecule has 0 aromatic heterocycles. The first-order valence-electron chi connectivity index (χ1n) is 3.24. The Morgan fingerprint density at radius 2 is 2.44 bits per heavy atom. The lowest BCUT2D eigenvalue weighted by molar-refractivity contribution is 0.705. The van der Waals surface area contributed by atoms with E-state index in [1.54, 1.807) is 0 Å². The summed E-state index contributed by atoms with van der Waals surface area (Å²) in [6.45, 7) is 3.18. The molecule has 0 saturated heterocycles. The summed E-state index contributed by atoms with van der Waals surface area (Å²) in [5.41, 5.74) is 2.79. The molecule has 0 aliphatic carbocycles. The Bertz CT molecular complexity index is 191. The van der Waals surface area contributed by atoms with Gasteiger partial charge in [0.15, 0.2) is 0 Å². The first-order chi connectivity index (χ1) is 4.38. The maximum Gasteiger partial charge on any atom is 0.0697 e. The van der Waals surface area contributed by atoms with Gasteiger partial charge in [0.1, 0.15) is 0 Å². The predicted octanol–water partition coefficient (Wildman–Crippen LogP) is 0.349. The standard InChI is InChI=1S/C7H10N2/c1-5-2-9-7-4-8-3-6(5)7/h2-3,7-9H,4H2,1H3. The average molecular weight is 122 g/mol. The van der Waals surface area contributed by atoms with E-state index in [2.05, 4.69) is 30.0 Å². The van der Waals surface area contributed by atoms with Crippen molar-refractivity contribution in [1.82, 2.24) is 10.6 Å². The Hall–Kier alpha value is -0.920. The van der Waals surface area contributed by atoms with Gasteiger partial charge in [0.2, 0.25) is 0 Å². The third kappa shape index (κ3) is 0.559. The highest BCUT2D eigenvalue weighted by Gasteiger charge is 2.22. The van der Waals surface area contributed by atoms with Crippen LogP contribution in [-0.2, 0) is 0 Å². The predicted molar refractivity (Wildman–Crippen MR) is 36.8 cm³/mol. The van der Waals surface area contributed by atoms with Gasteiger partial charge in [-0.3, -0.25) is 0 Å². The molecule has 2 heterocycles. The zero-order valence-electron chi connectivity index (χ0n) is 5.44. The molecule has 2 rings (SSSR count). The minimum Gasteiger partial charge on any atom is -0.388 e. The third-order valence-electron chi connectivity index (χ3n) is 1.91. The summed E-state index contributed by atoms with van der Waals surface area (Å²) in [5.74, 6) is 0. The number of hydrogen-bond donors (Lipinski definition) is 2. The quantitative estimate of drug-likeness (QED) is 0.484. The highest BCUT2D eigenvalue weighted by Crippen LogP contribution is 2.21. The second-order valence-corrected chi connectivity index (χ2v) is 2.55. The van der Waals surface area contributed by atoms with Crippen LogP contribution in [0, 0.1) is 0 Å². The molecule has 1 atom stereocenters. The van der Waals surface area contributed by atoms with Gasteiger partial charge in [-0.15, -0.1) is 0 Å². The maximum absolute atomic E-state index is 3.28. The SMILES string of the molecule is CC1=CNC2CNC=C12. The van der Waals surface area contributed by atoms with E-state index in [9.17, 15) is 0 Å². The molecule has 0 spiro atoms. The fourth-order valence-electron chi connectivity index (χ4n) is 1.34. The Balaban J connectivity index is 2.33. The normalized spacial score (nSPS) is 30.1. The van der Waals surface area contributed by atoms with Gasteiger partial charge in [0, 0.05) is 18.9 Å². The smallest absolute Gasteiger partial charge is 0.0697 e.